The summed E-state index contributed by atoms with van der Waals surface area (Å²) < 4.78 is 27.4. The first-order valence-corrected chi connectivity index (χ1v) is 13.5. The van der Waals surface area contributed by atoms with Crippen LogP contribution in [0.4, 0.5) is 0 Å². The van der Waals surface area contributed by atoms with Crippen LogP contribution in [0.1, 0.15) is 24.0 Å². The van der Waals surface area contributed by atoms with E-state index in [9.17, 15) is 13.2 Å². The van der Waals surface area contributed by atoms with Crippen molar-refractivity contribution < 1.29 is 13.2 Å². The fraction of sp³-hybridized carbons (Fsp3) is 0.522. The molecule has 0 radical (unpaired) electrons. The van der Waals surface area contributed by atoms with E-state index in [4.69, 9.17) is 0 Å². The first kappa shape index (κ1) is 23.4. The number of sulfonamides is 1. The molecule has 9 heteroatoms. The van der Waals surface area contributed by atoms with Gasteiger partial charge in [-0.15, -0.1) is 11.3 Å². The Kier molecular flexibility index (Phi) is 7.63. The third-order valence-corrected chi connectivity index (χ3v) is 9.54. The summed E-state index contributed by atoms with van der Waals surface area (Å²) >= 11 is 1.22. The summed E-state index contributed by atoms with van der Waals surface area (Å²) in [6.07, 6.45) is 1.41. The number of amides is 1. The topological polar surface area (TPSA) is 73.0 Å². The molecule has 0 saturated carbocycles. The fourth-order valence-electron chi connectivity index (χ4n) is 4.35. The molecule has 1 aromatic heterocycles. The summed E-state index contributed by atoms with van der Waals surface area (Å²) in [5.41, 5.74) is 2.33. The van der Waals surface area contributed by atoms with Crippen LogP contribution < -0.4 is 5.32 Å². The van der Waals surface area contributed by atoms with Gasteiger partial charge in [-0.1, -0.05) is 30.3 Å². The van der Waals surface area contributed by atoms with E-state index in [1.807, 2.05) is 12.1 Å². The van der Waals surface area contributed by atoms with Crippen LogP contribution in [0.5, 0.6) is 0 Å². The molecule has 0 bridgehead atoms. The number of likely N-dealkylation sites (N-methyl/N-ethyl adjacent to an activating group) is 1. The standard InChI is InChI=1S/C23H32N4O3S2/c1-25-10-12-26(13-11-25)17-20-6-2-5-19(15-20)16-24-23(28)21-7-3-9-27(18-21)32(29,30)22-8-4-14-31-22/h2,4-6,8,14-15,21H,3,7,9-13,16-18H2,1H3,(H,24,28). The molecule has 1 atom stereocenters. The molecule has 1 amide bonds. The molecule has 0 aliphatic carbocycles. The number of piperazine rings is 1. The SMILES string of the molecule is CN1CCN(Cc2cccc(CNC(=O)C3CCCN(S(=O)(=O)c4cccs4)C3)c2)CC1. The number of piperidine rings is 1. The molecule has 7 nitrogen and oxygen atoms in total. The van der Waals surface area contributed by atoms with E-state index in [0.29, 0.717) is 30.1 Å². The lowest BCUT2D eigenvalue weighted by Gasteiger charge is -2.32. The molecule has 2 aliphatic heterocycles. The average Bonchev–Trinajstić information content (AvgIpc) is 3.35. The summed E-state index contributed by atoms with van der Waals surface area (Å²) in [5.74, 6) is -0.382. The Labute approximate surface area is 195 Å². The third kappa shape index (κ3) is 5.77. The van der Waals surface area contributed by atoms with Gasteiger partial charge in [0.25, 0.3) is 10.0 Å². The molecule has 1 N–H and O–H groups in total. The fourth-order valence-corrected chi connectivity index (χ4v) is 7.02. The normalized spacial score (nSPS) is 21.5. The first-order chi connectivity index (χ1) is 15.4. The lowest BCUT2D eigenvalue weighted by atomic mass is 9.98. The lowest BCUT2D eigenvalue weighted by molar-refractivity contribution is -0.126. The molecule has 2 aromatic rings. The smallest absolute Gasteiger partial charge is 0.252 e. The quantitative estimate of drug-likeness (QED) is 0.663. The van der Waals surface area contributed by atoms with Crippen LogP contribution in [-0.2, 0) is 27.9 Å². The summed E-state index contributed by atoms with van der Waals surface area (Å²) in [4.78, 5) is 17.6. The van der Waals surface area contributed by atoms with E-state index in [2.05, 4.69) is 34.3 Å². The largest absolute Gasteiger partial charge is 0.352 e. The van der Waals surface area contributed by atoms with Crippen LogP contribution in [0.3, 0.4) is 0 Å². The molecule has 32 heavy (non-hydrogen) atoms. The van der Waals surface area contributed by atoms with Crippen molar-refractivity contribution in [3.63, 3.8) is 0 Å². The number of nitrogens with zero attached hydrogens (tertiary/aromatic N) is 3. The van der Waals surface area contributed by atoms with Crippen LogP contribution in [0.15, 0.2) is 46.0 Å². The van der Waals surface area contributed by atoms with Gasteiger partial charge in [-0.25, -0.2) is 8.42 Å². The van der Waals surface area contributed by atoms with Gasteiger partial charge in [0, 0.05) is 52.4 Å². The van der Waals surface area contributed by atoms with Gasteiger partial charge in [-0.05, 0) is 42.5 Å². The van der Waals surface area contributed by atoms with Crippen molar-refractivity contribution in [3.8, 4) is 0 Å². The third-order valence-electron chi connectivity index (χ3n) is 6.30. The highest BCUT2D eigenvalue weighted by atomic mass is 32.2. The van der Waals surface area contributed by atoms with Crippen molar-refractivity contribution in [2.45, 2.75) is 30.1 Å². The Morgan fingerprint density at radius 1 is 1.09 bits per heavy atom. The highest BCUT2D eigenvalue weighted by Gasteiger charge is 2.33. The van der Waals surface area contributed by atoms with Gasteiger partial charge in [0.2, 0.25) is 5.91 Å². The number of benzene rings is 1. The molecular weight excluding hydrogens is 444 g/mol. The summed E-state index contributed by atoms with van der Waals surface area (Å²) in [6.45, 7) is 6.44. The Morgan fingerprint density at radius 3 is 2.62 bits per heavy atom. The second-order valence-electron chi connectivity index (χ2n) is 8.75. The van der Waals surface area contributed by atoms with Gasteiger partial charge >= 0.3 is 0 Å². The number of carbonyl (C=O) groups is 1. The number of nitrogens with one attached hydrogen (secondary N) is 1. The zero-order chi connectivity index (χ0) is 22.6. The predicted molar refractivity (Wildman–Crippen MR) is 127 cm³/mol. The zero-order valence-corrected chi connectivity index (χ0v) is 20.2. The van der Waals surface area contributed by atoms with E-state index in [1.165, 1.54) is 21.2 Å². The van der Waals surface area contributed by atoms with E-state index < -0.39 is 10.0 Å². The van der Waals surface area contributed by atoms with Crippen LogP contribution in [0.25, 0.3) is 0 Å². The summed E-state index contributed by atoms with van der Waals surface area (Å²) in [7, 11) is -1.35. The number of hydrogen-bond donors (Lipinski definition) is 1. The average molecular weight is 477 g/mol. The minimum Gasteiger partial charge on any atom is -0.352 e. The summed E-state index contributed by atoms with van der Waals surface area (Å²) in [6, 6.07) is 11.7. The van der Waals surface area contributed by atoms with Gasteiger partial charge < -0.3 is 10.2 Å². The minimum atomic E-state index is -3.51. The van der Waals surface area contributed by atoms with E-state index >= 15 is 0 Å². The predicted octanol–water partition coefficient (Wildman–Crippen LogP) is 2.21. The second kappa shape index (κ2) is 10.4. The van der Waals surface area contributed by atoms with Crippen LogP contribution in [0, 0.1) is 5.92 Å². The molecule has 2 aliphatic rings. The Morgan fingerprint density at radius 2 is 1.88 bits per heavy atom. The Bertz CT molecular complexity index is 1000. The highest BCUT2D eigenvalue weighted by molar-refractivity contribution is 7.91. The van der Waals surface area contributed by atoms with Gasteiger partial charge in [-0.3, -0.25) is 9.69 Å². The van der Waals surface area contributed by atoms with Gasteiger partial charge in [-0.2, -0.15) is 4.31 Å². The van der Waals surface area contributed by atoms with E-state index in [-0.39, 0.29) is 18.4 Å². The number of rotatable bonds is 7. The molecular formula is C23H32N4O3S2. The monoisotopic (exact) mass is 476 g/mol. The van der Waals surface area contributed by atoms with Crippen LogP contribution in [-0.4, -0.2) is 74.7 Å². The highest BCUT2D eigenvalue weighted by Crippen LogP contribution is 2.26. The van der Waals surface area contributed by atoms with Gasteiger partial charge in [0.1, 0.15) is 4.21 Å². The number of thiophene rings is 1. The molecule has 1 aromatic carbocycles. The maximum Gasteiger partial charge on any atom is 0.252 e. The maximum absolute atomic E-state index is 12.8. The van der Waals surface area contributed by atoms with E-state index in [1.54, 1.807) is 17.5 Å². The Balaban J connectivity index is 1.30. The molecule has 4 rings (SSSR count). The molecule has 2 saturated heterocycles. The van der Waals surface area contributed by atoms with Crippen LogP contribution >= 0.6 is 11.3 Å². The Hall–Kier alpha value is -1.78. The van der Waals surface area contributed by atoms with Gasteiger partial charge in [0.05, 0.1) is 5.92 Å². The van der Waals surface area contributed by atoms with Crippen molar-refractivity contribution in [1.82, 2.24) is 19.4 Å². The molecule has 0 spiro atoms. The number of carbonyl (C=O) groups excluding carboxylic acids is 1. The van der Waals surface area contributed by atoms with Crippen molar-refractivity contribution in [3.05, 3.63) is 52.9 Å². The maximum atomic E-state index is 12.8. The molecule has 2 fully saturated rings. The van der Waals surface area contributed by atoms with E-state index in [0.717, 1.165) is 38.3 Å². The number of hydrogen-bond acceptors (Lipinski definition) is 6. The van der Waals surface area contributed by atoms with Crippen LogP contribution in [0.2, 0.25) is 0 Å². The first-order valence-electron chi connectivity index (χ1n) is 11.2. The minimum absolute atomic E-state index is 0.0689. The second-order valence-corrected chi connectivity index (χ2v) is 11.9. The lowest BCUT2D eigenvalue weighted by Crippen LogP contribution is -2.45. The molecule has 174 valence electrons. The summed E-state index contributed by atoms with van der Waals surface area (Å²) in [5, 5.41) is 4.80. The van der Waals surface area contributed by atoms with Crippen molar-refractivity contribution in [2.75, 3.05) is 46.3 Å². The molecule has 3 heterocycles. The van der Waals surface area contributed by atoms with Crippen molar-refractivity contribution in [2.24, 2.45) is 5.92 Å². The molecule has 1 unspecified atom stereocenters. The van der Waals surface area contributed by atoms with Crippen molar-refractivity contribution >= 4 is 27.3 Å². The van der Waals surface area contributed by atoms with Gasteiger partial charge in [0.15, 0.2) is 0 Å². The van der Waals surface area contributed by atoms with Crippen molar-refractivity contribution in [1.29, 1.82) is 0 Å². The zero-order valence-electron chi connectivity index (χ0n) is 18.6.